The SMILES string of the molecule is CC(C)(C)OC(=O)NCCC[C@@H](CNC(=O)c1nc2cc(-c3ccc([N+](=O)[O-])cc3)ccc2n1CC1(C)CC([N+](=O)[O-])=CC=C1F)NC(=O)OC(C)(C)C. The van der Waals surface area contributed by atoms with E-state index in [1.54, 1.807) is 71.9 Å². The molecule has 1 aliphatic carbocycles. The highest BCUT2D eigenvalue weighted by atomic mass is 19.1. The fourth-order valence-corrected chi connectivity index (χ4v) is 5.79. The van der Waals surface area contributed by atoms with Crippen LogP contribution in [0.5, 0.6) is 0 Å². The van der Waals surface area contributed by atoms with E-state index in [4.69, 9.17) is 9.47 Å². The highest BCUT2D eigenvalue weighted by Gasteiger charge is 2.39. The maximum Gasteiger partial charge on any atom is 0.407 e. The Labute approximate surface area is 311 Å². The minimum Gasteiger partial charge on any atom is -0.444 e. The number of ether oxygens (including phenoxy) is 2. The van der Waals surface area contributed by atoms with Crippen molar-refractivity contribution in [3.8, 4) is 11.1 Å². The number of allylic oxidation sites excluding steroid dienone is 4. The van der Waals surface area contributed by atoms with E-state index in [1.165, 1.54) is 23.6 Å². The second kappa shape index (κ2) is 16.4. The Morgan fingerprint density at radius 1 is 0.926 bits per heavy atom. The number of rotatable bonds is 13. The molecular weight excluding hydrogens is 705 g/mol. The van der Waals surface area contributed by atoms with Crippen LogP contribution in [0.3, 0.4) is 0 Å². The molecule has 1 aromatic heterocycles. The summed E-state index contributed by atoms with van der Waals surface area (Å²) in [4.78, 5) is 65.2. The van der Waals surface area contributed by atoms with Crippen molar-refractivity contribution >= 4 is 34.8 Å². The predicted molar refractivity (Wildman–Crippen MR) is 198 cm³/mol. The van der Waals surface area contributed by atoms with Gasteiger partial charge in [0.25, 0.3) is 11.6 Å². The molecule has 54 heavy (non-hydrogen) atoms. The molecule has 3 amide bonds. The summed E-state index contributed by atoms with van der Waals surface area (Å²) in [6.45, 7) is 11.8. The van der Waals surface area contributed by atoms with E-state index in [-0.39, 0.29) is 43.3 Å². The van der Waals surface area contributed by atoms with Crippen LogP contribution in [0, 0.1) is 25.6 Å². The Balaban J connectivity index is 1.63. The Morgan fingerprint density at radius 3 is 2.17 bits per heavy atom. The molecule has 2 aromatic carbocycles. The summed E-state index contributed by atoms with van der Waals surface area (Å²) in [7, 11) is 0. The smallest absolute Gasteiger partial charge is 0.407 e. The molecule has 1 unspecified atom stereocenters. The number of imidazole rings is 1. The molecule has 0 aliphatic heterocycles. The average molecular weight is 752 g/mol. The van der Waals surface area contributed by atoms with Gasteiger partial charge in [0.05, 0.1) is 27.3 Å². The molecule has 0 radical (unpaired) electrons. The lowest BCUT2D eigenvalue weighted by atomic mass is 9.80. The van der Waals surface area contributed by atoms with Gasteiger partial charge in [-0.15, -0.1) is 0 Å². The monoisotopic (exact) mass is 751 g/mol. The summed E-state index contributed by atoms with van der Waals surface area (Å²) in [5, 5.41) is 31.0. The number of nitrogens with zero attached hydrogens (tertiary/aromatic N) is 4. The summed E-state index contributed by atoms with van der Waals surface area (Å²) in [6, 6.07) is 10.3. The van der Waals surface area contributed by atoms with Crippen LogP contribution in [0.1, 0.15) is 78.3 Å². The van der Waals surface area contributed by atoms with E-state index in [1.807, 2.05) is 0 Å². The maximum atomic E-state index is 15.5. The summed E-state index contributed by atoms with van der Waals surface area (Å²) in [5.41, 5.74) is -1.07. The number of nitro benzene ring substituents is 1. The molecule has 2 atom stereocenters. The number of non-ortho nitro benzene ring substituents is 1. The molecule has 290 valence electrons. The van der Waals surface area contributed by atoms with Crippen LogP contribution in [0.4, 0.5) is 19.7 Å². The van der Waals surface area contributed by atoms with Crippen molar-refractivity contribution in [2.75, 3.05) is 13.1 Å². The van der Waals surface area contributed by atoms with Crippen molar-refractivity contribution in [2.45, 2.75) is 91.5 Å². The molecule has 3 aromatic rings. The number of carbonyl (C=O) groups is 3. The fraction of sp³-hybridized carbons (Fsp3) is 0.459. The fourth-order valence-electron chi connectivity index (χ4n) is 5.79. The first-order valence-electron chi connectivity index (χ1n) is 17.3. The number of carbonyl (C=O) groups excluding carboxylic acids is 3. The van der Waals surface area contributed by atoms with E-state index in [0.717, 1.165) is 12.2 Å². The number of alkyl carbamates (subject to hydrolysis) is 2. The van der Waals surface area contributed by atoms with E-state index < -0.39 is 56.4 Å². The molecular formula is C37H46FN7O9. The van der Waals surface area contributed by atoms with Crippen molar-refractivity contribution in [3.63, 3.8) is 0 Å². The zero-order valence-corrected chi connectivity index (χ0v) is 31.4. The third-order valence-corrected chi connectivity index (χ3v) is 8.30. The first kappa shape index (κ1) is 40.9. The Kier molecular flexibility index (Phi) is 12.4. The third kappa shape index (κ3) is 11.1. The van der Waals surface area contributed by atoms with Crippen LogP contribution in [-0.2, 0) is 16.0 Å². The second-order valence-corrected chi connectivity index (χ2v) is 15.3. The number of fused-ring (bicyclic) bond motifs is 1. The van der Waals surface area contributed by atoms with Crippen LogP contribution in [0.25, 0.3) is 22.2 Å². The van der Waals surface area contributed by atoms with Gasteiger partial charge < -0.3 is 30.0 Å². The lowest BCUT2D eigenvalue weighted by molar-refractivity contribution is -0.430. The minimum atomic E-state index is -1.40. The summed E-state index contributed by atoms with van der Waals surface area (Å²) in [5.74, 6) is -1.38. The van der Waals surface area contributed by atoms with Crippen LogP contribution in [-0.4, -0.2) is 67.8 Å². The number of nitro groups is 2. The molecule has 0 spiro atoms. The Morgan fingerprint density at radius 2 is 1.56 bits per heavy atom. The zero-order chi connectivity index (χ0) is 40.0. The van der Waals surface area contributed by atoms with Crippen LogP contribution in [0.15, 0.2) is 66.1 Å². The Bertz CT molecular complexity index is 1980. The lowest BCUT2D eigenvalue weighted by Crippen LogP contribution is -2.46. The predicted octanol–water partition coefficient (Wildman–Crippen LogP) is 6.96. The van der Waals surface area contributed by atoms with Gasteiger partial charge in [0, 0.05) is 49.3 Å². The first-order valence-corrected chi connectivity index (χ1v) is 17.3. The third-order valence-electron chi connectivity index (χ3n) is 8.30. The highest BCUT2D eigenvalue weighted by Crippen LogP contribution is 2.41. The highest BCUT2D eigenvalue weighted by molar-refractivity contribution is 5.95. The molecule has 0 saturated heterocycles. The molecule has 1 heterocycles. The first-order chi connectivity index (χ1) is 25.1. The number of benzene rings is 2. The van der Waals surface area contributed by atoms with Gasteiger partial charge in [-0.05, 0) is 95.9 Å². The largest absolute Gasteiger partial charge is 0.444 e. The molecule has 16 nitrogen and oxygen atoms in total. The van der Waals surface area contributed by atoms with E-state index >= 15 is 4.39 Å². The quantitative estimate of drug-likeness (QED) is 0.0928. The molecule has 0 saturated carbocycles. The molecule has 17 heteroatoms. The average Bonchev–Trinajstić information content (AvgIpc) is 3.41. The van der Waals surface area contributed by atoms with Gasteiger partial charge in [-0.3, -0.25) is 25.0 Å². The van der Waals surface area contributed by atoms with Crippen LogP contribution < -0.4 is 16.0 Å². The number of nitrogens with one attached hydrogen (secondary N) is 3. The van der Waals surface area contributed by atoms with E-state index in [9.17, 15) is 34.6 Å². The topological polar surface area (TPSA) is 210 Å². The van der Waals surface area contributed by atoms with Crippen molar-refractivity contribution in [2.24, 2.45) is 5.41 Å². The number of amides is 3. The lowest BCUT2D eigenvalue weighted by Gasteiger charge is -2.30. The van der Waals surface area contributed by atoms with E-state index in [0.29, 0.717) is 35.0 Å². The summed E-state index contributed by atoms with van der Waals surface area (Å²) >= 11 is 0. The number of hydrogen-bond donors (Lipinski definition) is 3. The Hall–Kier alpha value is -5.87. The van der Waals surface area contributed by atoms with Crippen molar-refractivity contribution < 1.29 is 38.1 Å². The molecule has 0 bridgehead atoms. The molecule has 0 fully saturated rings. The van der Waals surface area contributed by atoms with Gasteiger partial charge in [0.1, 0.15) is 17.0 Å². The molecule has 3 N–H and O–H groups in total. The van der Waals surface area contributed by atoms with Gasteiger partial charge >= 0.3 is 12.2 Å². The van der Waals surface area contributed by atoms with Gasteiger partial charge in [0.2, 0.25) is 5.70 Å². The van der Waals surface area contributed by atoms with Gasteiger partial charge in [-0.1, -0.05) is 13.0 Å². The standard InChI is InChI=1S/C37H46FN7O9/c1-35(2,3)53-33(47)39-18-8-9-25(41-34(48)54-36(4,5)6)21-40-32(46)31-42-28-19-24(23-10-13-26(14-11-23)44(49)50)12-16-29(28)43(31)22-37(7)20-27(45(51)52)15-17-30(37)38/h10-17,19,25H,8-9,18,20-22H2,1-7H3,(H,39,47)(H,40,46)(H,41,48)/t25-,37?/m0/s1. The number of hydrogen-bond acceptors (Lipinski definition) is 10. The maximum absolute atomic E-state index is 15.5. The van der Waals surface area contributed by atoms with Gasteiger partial charge in [0.15, 0.2) is 5.82 Å². The number of aromatic nitrogens is 2. The van der Waals surface area contributed by atoms with Crippen LogP contribution in [0.2, 0.25) is 0 Å². The number of halogens is 1. The van der Waals surface area contributed by atoms with Crippen molar-refractivity contribution in [1.82, 2.24) is 25.5 Å². The van der Waals surface area contributed by atoms with Gasteiger partial charge in [-0.25, -0.2) is 19.0 Å². The second-order valence-electron chi connectivity index (χ2n) is 15.3. The summed E-state index contributed by atoms with van der Waals surface area (Å²) in [6.07, 6.45) is 1.33. The minimum absolute atomic E-state index is 0.0818. The van der Waals surface area contributed by atoms with E-state index in [2.05, 4.69) is 20.9 Å². The molecule has 1 aliphatic rings. The van der Waals surface area contributed by atoms with Crippen LogP contribution >= 0.6 is 0 Å². The van der Waals surface area contributed by atoms with Gasteiger partial charge in [-0.2, -0.15) is 0 Å². The zero-order valence-electron chi connectivity index (χ0n) is 31.4. The summed E-state index contributed by atoms with van der Waals surface area (Å²) < 4.78 is 27.7. The van der Waals surface area contributed by atoms with Crippen molar-refractivity contribution in [1.29, 1.82) is 0 Å². The normalized spacial score (nSPS) is 16.4. The molecule has 4 rings (SSSR count). The van der Waals surface area contributed by atoms with Crippen molar-refractivity contribution in [3.05, 3.63) is 92.2 Å².